The van der Waals surface area contributed by atoms with Gasteiger partial charge in [-0.1, -0.05) is 29.8 Å². The molecule has 0 unspecified atom stereocenters. The molecule has 0 N–H and O–H groups in total. The first-order valence-corrected chi connectivity index (χ1v) is 10.8. The first-order valence-electron chi connectivity index (χ1n) is 8.95. The quantitative estimate of drug-likeness (QED) is 0.795. The number of sulfonamides is 1. The third-order valence-electron chi connectivity index (χ3n) is 5.22. The number of hydrogen-bond donors (Lipinski definition) is 0. The predicted octanol–water partition coefficient (Wildman–Crippen LogP) is 3.41. The highest BCUT2D eigenvalue weighted by Gasteiger charge is 2.37. The maximum atomic E-state index is 13.2. The zero-order chi connectivity index (χ0) is 18.1. The number of ether oxygens (including phenoxy) is 1. The molecule has 1 atom stereocenters. The molecule has 1 aromatic carbocycles. The molecule has 0 bridgehead atoms. The van der Waals surface area contributed by atoms with E-state index >= 15 is 0 Å². The minimum atomic E-state index is -3.61. The van der Waals surface area contributed by atoms with Crippen LogP contribution >= 0.6 is 11.6 Å². The Morgan fingerprint density at radius 2 is 1.92 bits per heavy atom. The zero-order valence-corrected chi connectivity index (χ0v) is 16.0. The molecule has 0 aliphatic carbocycles. The van der Waals surface area contributed by atoms with Gasteiger partial charge in [0.2, 0.25) is 10.0 Å². The lowest BCUT2D eigenvalue weighted by Crippen LogP contribution is -2.30. The zero-order valence-electron chi connectivity index (χ0n) is 14.4. The Balaban J connectivity index is 1.61. The molecule has 0 radical (unpaired) electrons. The fourth-order valence-electron chi connectivity index (χ4n) is 3.82. The highest BCUT2D eigenvalue weighted by Crippen LogP contribution is 2.39. The summed E-state index contributed by atoms with van der Waals surface area (Å²) in [5.41, 5.74) is 0.868. The molecular weight excluding hydrogens is 374 g/mol. The summed E-state index contributed by atoms with van der Waals surface area (Å²) in [6.07, 6.45) is 6.43. The van der Waals surface area contributed by atoms with E-state index in [2.05, 4.69) is 5.10 Å². The lowest BCUT2D eigenvalue weighted by atomic mass is 10.1. The van der Waals surface area contributed by atoms with Crippen molar-refractivity contribution < 1.29 is 13.2 Å². The van der Waals surface area contributed by atoms with Gasteiger partial charge in [0.1, 0.15) is 4.90 Å². The second-order valence-electron chi connectivity index (χ2n) is 6.79. The van der Waals surface area contributed by atoms with Crippen molar-refractivity contribution in [2.24, 2.45) is 0 Å². The third kappa shape index (κ3) is 3.29. The molecule has 26 heavy (non-hydrogen) atoms. The summed E-state index contributed by atoms with van der Waals surface area (Å²) < 4.78 is 35.2. The molecule has 2 aliphatic heterocycles. The van der Waals surface area contributed by atoms with Gasteiger partial charge in [0, 0.05) is 31.0 Å². The lowest BCUT2D eigenvalue weighted by molar-refractivity contribution is 0.0662. The topological polar surface area (TPSA) is 64.4 Å². The third-order valence-corrected chi connectivity index (χ3v) is 7.42. The minimum absolute atomic E-state index is 0.200. The van der Waals surface area contributed by atoms with Crippen LogP contribution in [0.1, 0.15) is 43.3 Å². The molecule has 6 nitrogen and oxygen atoms in total. The van der Waals surface area contributed by atoms with Gasteiger partial charge in [-0.25, -0.2) is 8.42 Å². The van der Waals surface area contributed by atoms with Gasteiger partial charge in [-0.3, -0.25) is 4.68 Å². The van der Waals surface area contributed by atoms with Crippen molar-refractivity contribution in [3.05, 3.63) is 47.2 Å². The van der Waals surface area contributed by atoms with Gasteiger partial charge in [0.05, 0.1) is 18.3 Å². The Labute approximate surface area is 158 Å². The number of halogens is 1. The van der Waals surface area contributed by atoms with Gasteiger partial charge in [-0.15, -0.1) is 0 Å². The molecule has 3 heterocycles. The summed E-state index contributed by atoms with van der Waals surface area (Å²) in [5.74, 6) is 0. The van der Waals surface area contributed by atoms with E-state index in [1.54, 1.807) is 15.2 Å². The smallest absolute Gasteiger partial charge is 0.246 e. The van der Waals surface area contributed by atoms with Gasteiger partial charge in [-0.05, 0) is 37.3 Å². The van der Waals surface area contributed by atoms with Crippen LogP contribution in [0.2, 0.25) is 5.02 Å². The molecular formula is C18H22ClN3O3S. The minimum Gasteiger partial charge on any atom is -0.381 e. The predicted molar refractivity (Wildman–Crippen MR) is 98.6 cm³/mol. The summed E-state index contributed by atoms with van der Waals surface area (Å²) in [7, 11) is -3.61. The van der Waals surface area contributed by atoms with Gasteiger partial charge in [0.25, 0.3) is 0 Å². The Morgan fingerprint density at radius 3 is 2.69 bits per heavy atom. The van der Waals surface area contributed by atoms with E-state index in [1.165, 1.54) is 6.20 Å². The van der Waals surface area contributed by atoms with Crippen LogP contribution in [-0.4, -0.2) is 42.3 Å². The van der Waals surface area contributed by atoms with E-state index in [9.17, 15) is 8.42 Å². The van der Waals surface area contributed by atoms with E-state index in [1.807, 2.05) is 24.3 Å². The summed E-state index contributed by atoms with van der Waals surface area (Å²) >= 11 is 6.32. The van der Waals surface area contributed by atoms with E-state index in [4.69, 9.17) is 16.3 Å². The molecule has 2 aliphatic rings. The number of aromatic nitrogens is 2. The molecule has 2 aromatic rings. The number of benzene rings is 1. The maximum absolute atomic E-state index is 13.2. The van der Waals surface area contributed by atoms with E-state index < -0.39 is 10.0 Å². The van der Waals surface area contributed by atoms with Crippen LogP contribution in [0.15, 0.2) is 41.6 Å². The fourth-order valence-corrected chi connectivity index (χ4v) is 5.70. The Kier molecular flexibility index (Phi) is 5.05. The van der Waals surface area contributed by atoms with Crippen molar-refractivity contribution in [1.82, 2.24) is 14.1 Å². The maximum Gasteiger partial charge on any atom is 0.246 e. The summed E-state index contributed by atoms with van der Waals surface area (Å²) in [4.78, 5) is 0.253. The largest absolute Gasteiger partial charge is 0.381 e. The van der Waals surface area contributed by atoms with E-state index in [0.717, 1.165) is 31.2 Å². The first kappa shape index (κ1) is 18.0. The van der Waals surface area contributed by atoms with E-state index in [-0.39, 0.29) is 17.0 Å². The summed E-state index contributed by atoms with van der Waals surface area (Å²) in [6.45, 7) is 1.88. The number of hydrogen-bond acceptors (Lipinski definition) is 4. The van der Waals surface area contributed by atoms with Crippen molar-refractivity contribution in [3.8, 4) is 0 Å². The molecule has 0 amide bonds. The second kappa shape index (κ2) is 7.31. The molecule has 2 saturated heterocycles. The van der Waals surface area contributed by atoms with Crippen molar-refractivity contribution in [3.63, 3.8) is 0 Å². The van der Waals surface area contributed by atoms with Crippen LogP contribution < -0.4 is 0 Å². The van der Waals surface area contributed by atoms with Crippen molar-refractivity contribution in [1.29, 1.82) is 0 Å². The van der Waals surface area contributed by atoms with Gasteiger partial charge < -0.3 is 4.74 Å². The van der Waals surface area contributed by atoms with Crippen LogP contribution in [0.5, 0.6) is 0 Å². The van der Waals surface area contributed by atoms with Gasteiger partial charge in [0.15, 0.2) is 0 Å². The fraction of sp³-hybridized carbons (Fsp3) is 0.500. The highest BCUT2D eigenvalue weighted by atomic mass is 35.5. The van der Waals surface area contributed by atoms with Gasteiger partial charge in [-0.2, -0.15) is 9.40 Å². The Hall–Kier alpha value is -1.41. The molecule has 1 aromatic heterocycles. The van der Waals surface area contributed by atoms with Crippen molar-refractivity contribution in [2.75, 3.05) is 19.8 Å². The number of nitrogens with zero attached hydrogens (tertiary/aromatic N) is 3. The standard InChI is InChI=1S/C18H22ClN3O3S/c19-17-5-2-1-4-16(17)18-6-3-9-22(18)26(23,24)15-12-20-21(13-15)14-7-10-25-11-8-14/h1-2,4-5,12-14,18H,3,6-11H2/t18-/m0/s1. The Bertz CT molecular complexity index is 877. The Morgan fingerprint density at radius 1 is 1.15 bits per heavy atom. The van der Waals surface area contributed by atoms with Crippen LogP contribution in [-0.2, 0) is 14.8 Å². The molecule has 0 spiro atoms. The SMILES string of the molecule is O=S(=O)(c1cnn(C2CCOCC2)c1)N1CCC[C@H]1c1ccccc1Cl. The summed E-state index contributed by atoms with van der Waals surface area (Å²) in [5, 5.41) is 4.93. The number of rotatable bonds is 4. The highest BCUT2D eigenvalue weighted by molar-refractivity contribution is 7.89. The normalized spacial score (nSPS) is 22.7. The molecule has 8 heteroatoms. The summed E-state index contributed by atoms with van der Waals surface area (Å²) in [6, 6.07) is 7.45. The van der Waals surface area contributed by atoms with Crippen molar-refractivity contribution in [2.45, 2.75) is 42.7 Å². The first-order chi connectivity index (χ1) is 12.6. The molecule has 140 valence electrons. The molecule has 0 saturated carbocycles. The average molecular weight is 396 g/mol. The van der Waals surface area contributed by atoms with E-state index in [0.29, 0.717) is 24.8 Å². The van der Waals surface area contributed by atoms with Crippen LogP contribution in [0.4, 0.5) is 0 Å². The monoisotopic (exact) mass is 395 g/mol. The average Bonchev–Trinajstić information content (AvgIpc) is 3.33. The molecule has 2 fully saturated rings. The molecule has 4 rings (SSSR count). The second-order valence-corrected chi connectivity index (χ2v) is 9.09. The van der Waals surface area contributed by atoms with Gasteiger partial charge >= 0.3 is 0 Å². The lowest BCUT2D eigenvalue weighted by Gasteiger charge is -2.24. The van der Waals surface area contributed by atoms with Crippen LogP contribution in [0.3, 0.4) is 0 Å². The van der Waals surface area contributed by atoms with Crippen molar-refractivity contribution >= 4 is 21.6 Å². The van der Waals surface area contributed by atoms with Crippen LogP contribution in [0, 0.1) is 0 Å². The van der Waals surface area contributed by atoms with Crippen LogP contribution in [0.25, 0.3) is 0 Å².